The van der Waals surface area contributed by atoms with E-state index in [0.29, 0.717) is 10.5 Å². The third-order valence-corrected chi connectivity index (χ3v) is 4.95. The van der Waals surface area contributed by atoms with Crippen LogP contribution in [0.3, 0.4) is 0 Å². The van der Waals surface area contributed by atoms with Crippen LogP contribution in [0.1, 0.15) is 29.8 Å². The van der Waals surface area contributed by atoms with Gasteiger partial charge in [-0.15, -0.1) is 11.8 Å². The lowest BCUT2D eigenvalue weighted by atomic mass is 10.2. The van der Waals surface area contributed by atoms with Gasteiger partial charge in [0.05, 0.1) is 16.2 Å². The summed E-state index contributed by atoms with van der Waals surface area (Å²) in [6, 6.07) is 11.0. The molecule has 0 atom stereocenters. The monoisotopic (exact) mass is 445 g/mol. The molecule has 0 spiro atoms. The third kappa shape index (κ3) is 7.41. The Morgan fingerprint density at radius 3 is 2.52 bits per heavy atom. The second-order valence-corrected chi connectivity index (χ2v) is 7.93. The first kappa shape index (κ1) is 23.9. The molecule has 0 aliphatic carbocycles. The minimum absolute atomic E-state index is 0.0103. The van der Waals surface area contributed by atoms with Gasteiger partial charge >= 0.3 is 5.97 Å². The number of amides is 2. The molecule has 164 valence electrons. The molecule has 0 saturated carbocycles. The fourth-order valence-electron chi connectivity index (χ4n) is 2.56. The second-order valence-electron chi connectivity index (χ2n) is 6.91. The summed E-state index contributed by atoms with van der Waals surface area (Å²) < 4.78 is 5.06. The summed E-state index contributed by atoms with van der Waals surface area (Å²) in [6.07, 6.45) is 0. The molecule has 0 aliphatic rings. The number of benzene rings is 2. The summed E-state index contributed by atoms with van der Waals surface area (Å²) in [5.41, 5.74) is 0.663. The van der Waals surface area contributed by atoms with Gasteiger partial charge in [0.2, 0.25) is 5.91 Å². The predicted octanol–water partition coefficient (Wildman–Crippen LogP) is 3.32. The number of ether oxygens (including phenoxy) is 1. The Labute approximate surface area is 183 Å². The number of nitrogens with zero attached hydrogens (tertiary/aromatic N) is 1. The van der Waals surface area contributed by atoms with E-state index < -0.39 is 23.4 Å². The van der Waals surface area contributed by atoms with E-state index in [1.165, 1.54) is 30.0 Å². The highest BCUT2D eigenvalue weighted by Gasteiger charge is 2.19. The highest BCUT2D eigenvalue weighted by atomic mass is 32.2. The molecule has 0 unspecified atom stereocenters. The van der Waals surface area contributed by atoms with E-state index in [9.17, 15) is 24.5 Å². The van der Waals surface area contributed by atoms with E-state index in [4.69, 9.17) is 4.74 Å². The standard InChI is InChI=1S/C21H23N3O6S/c1-13(2)22-20(26)12-31-18-7-5-4-6-15(18)21(27)30-11-19(25)23-16-9-8-14(3)10-17(16)24(28)29/h4-10,13H,11-12H2,1-3H3,(H,22,26)(H,23,25). The van der Waals surface area contributed by atoms with Crippen molar-refractivity contribution in [3.8, 4) is 0 Å². The Morgan fingerprint density at radius 2 is 1.84 bits per heavy atom. The Morgan fingerprint density at radius 1 is 1.13 bits per heavy atom. The Hall–Kier alpha value is -3.40. The van der Waals surface area contributed by atoms with Crippen molar-refractivity contribution >= 4 is 40.9 Å². The van der Waals surface area contributed by atoms with Crippen LogP contribution in [-0.2, 0) is 14.3 Å². The Kier molecular flexibility index (Phi) is 8.56. The number of hydrogen-bond donors (Lipinski definition) is 2. The predicted molar refractivity (Wildman–Crippen MR) is 117 cm³/mol. The largest absolute Gasteiger partial charge is 0.452 e. The molecule has 0 aliphatic heterocycles. The lowest BCUT2D eigenvalue weighted by Gasteiger charge is -2.11. The molecule has 0 radical (unpaired) electrons. The number of hydrogen-bond acceptors (Lipinski definition) is 7. The van der Waals surface area contributed by atoms with Gasteiger partial charge in [-0.25, -0.2) is 4.79 Å². The molecular weight excluding hydrogens is 422 g/mol. The summed E-state index contributed by atoms with van der Waals surface area (Å²) in [5.74, 6) is -1.48. The van der Waals surface area contributed by atoms with Crippen molar-refractivity contribution in [1.82, 2.24) is 5.32 Å². The van der Waals surface area contributed by atoms with Gasteiger partial charge in [0.1, 0.15) is 5.69 Å². The summed E-state index contributed by atoms with van der Waals surface area (Å²) in [7, 11) is 0. The van der Waals surface area contributed by atoms with Crippen LogP contribution in [0.15, 0.2) is 47.4 Å². The van der Waals surface area contributed by atoms with Crippen LogP contribution in [0.4, 0.5) is 11.4 Å². The number of aryl methyl sites for hydroxylation is 1. The molecule has 0 fully saturated rings. The lowest BCUT2D eigenvalue weighted by molar-refractivity contribution is -0.384. The maximum absolute atomic E-state index is 12.4. The van der Waals surface area contributed by atoms with Gasteiger partial charge in [0.25, 0.3) is 11.6 Å². The number of nitro groups is 1. The Bertz CT molecular complexity index is 993. The zero-order valence-corrected chi connectivity index (χ0v) is 18.2. The van der Waals surface area contributed by atoms with Crippen LogP contribution in [0, 0.1) is 17.0 Å². The maximum atomic E-state index is 12.4. The smallest absolute Gasteiger partial charge is 0.339 e. The van der Waals surface area contributed by atoms with Crippen LogP contribution in [-0.4, -0.2) is 41.1 Å². The highest BCUT2D eigenvalue weighted by Crippen LogP contribution is 2.26. The Balaban J connectivity index is 1.98. The zero-order chi connectivity index (χ0) is 23.0. The van der Waals surface area contributed by atoms with Gasteiger partial charge in [-0.3, -0.25) is 19.7 Å². The molecular formula is C21H23N3O6S. The molecule has 0 saturated heterocycles. The van der Waals surface area contributed by atoms with E-state index in [2.05, 4.69) is 10.6 Å². The molecule has 0 bridgehead atoms. The number of rotatable bonds is 9. The van der Waals surface area contributed by atoms with Crippen molar-refractivity contribution in [2.75, 3.05) is 17.7 Å². The van der Waals surface area contributed by atoms with Gasteiger partial charge in [-0.2, -0.15) is 0 Å². The molecule has 10 heteroatoms. The number of anilines is 1. The average molecular weight is 445 g/mol. The lowest BCUT2D eigenvalue weighted by Crippen LogP contribution is -2.31. The fraction of sp³-hybridized carbons (Fsp3) is 0.286. The first-order valence-electron chi connectivity index (χ1n) is 9.40. The fourth-order valence-corrected chi connectivity index (χ4v) is 3.41. The SMILES string of the molecule is Cc1ccc(NC(=O)COC(=O)c2ccccc2SCC(=O)NC(C)C)c([N+](=O)[O-])c1. The zero-order valence-electron chi connectivity index (χ0n) is 17.3. The third-order valence-electron chi connectivity index (χ3n) is 3.87. The van der Waals surface area contributed by atoms with Gasteiger partial charge < -0.3 is 15.4 Å². The van der Waals surface area contributed by atoms with Crippen molar-refractivity contribution in [3.63, 3.8) is 0 Å². The summed E-state index contributed by atoms with van der Waals surface area (Å²) in [4.78, 5) is 47.5. The van der Waals surface area contributed by atoms with Crippen molar-refractivity contribution in [3.05, 3.63) is 63.7 Å². The van der Waals surface area contributed by atoms with Crippen molar-refractivity contribution in [2.24, 2.45) is 0 Å². The number of thioether (sulfide) groups is 1. The van der Waals surface area contributed by atoms with E-state index in [1.807, 2.05) is 13.8 Å². The summed E-state index contributed by atoms with van der Waals surface area (Å²) in [5, 5.41) is 16.3. The minimum Gasteiger partial charge on any atom is -0.452 e. The molecule has 0 aromatic heterocycles. The molecule has 31 heavy (non-hydrogen) atoms. The number of nitro benzene ring substituents is 1. The van der Waals surface area contributed by atoms with Crippen LogP contribution >= 0.6 is 11.8 Å². The van der Waals surface area contributed by atoms with Crippen LogP contribution < -0.4 is 10.6 Å². The highest BCUT2D eigenvalue weighted by molar-refractivity contribution is 8.00. The first-order valence-corrected chi connectivity index (χ1v) is 10.4. The normalized spacial score (nSPS) is 10.5. The van der Waals surface area contributed by atoms with E-state index in [-0.39, 0.29) is 34.6 Å². The molecule has 2 rings (SSSR count). The second kappa shape index (κ2) is 11.1. The quantitative estimate of drug-likeness (QED) is 0.262. The average Bonchev–Trinajstić information content (AvgIpc) is 2.71. The number of esters is 1. The maximum Gasteiger partial charge on any atom is 0.339 e. The molecule has 2 aromatic carbocycles. The molecule has 0 heterocycles. The number of carbonyl (C=O) groups excluding carboxylic acids is 3. The van der Waals surface area contributed by atoms with Gasteiger partial charge in [0, 0.05) is 17.0 Å². The van der Waals surface area contributed by atoms with Crippen LogP contribution in [0.2, 0.25) is 0 Å². The minimum atomic E-state index is -0.735. The van der Waals surface area contributed by atoms with Gasteiger partial charge in [-0.05, 0) is 44.5 Å². The summed E-state index contributed by atoms with van der Waals surface area (Å²) >= 11 is 1.18. The number of carbonyl (C=O) groups is 3. The van der Waals surface area contributed by atoms with E-state index in [0.717, 1.165) is 0 Å². The molecule has 2 aromatic rings. The van der Waals surface area contributed by atoms with Crippen LogP contribution in [0.25, 0.3) is 0 Å². The van der Waals surface area contributed by atoms with Crippen LogP contribution in [0.5, 0.6) is 0 Å². The van der Waals surface area contributed by atoms with Crippen molar-refractivity contribution in [1.29, 1.82) is 0 Å². The van der Waals surface area contributed by atoms with E-state index >= 15 is 0 Å². The number of nitrogens with one attached hydrogen (secondary N) is 2. The van der Waals surface area contributed by atoms with Crippen molar-refractivity contribution in [2.45, 2.75) is 31.7 Å². The molecule has 9 nitrogen and oxygen atoms in total. The molecule has 2 amide bonds. The first-order chi connectivity index (χ1) is 14.7. The summed E-state index contributed by atoms with van der Waals surface area (Å²) in [6.45, 7) is 4.79. The molecule has 2 N–H and O–H groups in total. The van der Waals surface area contributed by atoms with Gasteiger partial charge in [-0.1, -0.05) is 18.2 Å². The topological polar surface area (TPSA) is 128 Å². The van der Waals surface area contributed by atoms with E-state index in [1.54, 1.807) is 31.2 Å². The van der Waals surface area contributed by atoms with Gasteiger partial charge in [0.15, 0.2) is 6.61 Å². The van der Waals surface area contributed by atoms with Crippen molar-refractivity contribution < 1.29 is 24.0 Å².